The molecule has 3 rings (SSSR count). The minimum Gasteiger partial charge on any atom is -0.343 e. The summed E-state index contributed by atoms with van der Waals surface area (Å²) in [6.45, 7) is 2.40. The van der Waals surface area contributed by atoms with Gasteiger partial charge in [-0.05, 0) is 24.3 Å². The Balaban J connectivity index is 1.39. The predicted octanol–water partition coefficient (Wildman–Crippen LogP) is 1.85. The molecule has 2 aromatic rings. The Hall–Kier alpha value is -2.90. The molecule has 0 aromatic heterocycles. The molecule has 1 fully saturated rings. The maximum atomic E-state index is 12.3. The number of anilines is 1. The van der Waals surface area contributed by atoms with Gasteiger partial charge < -0.3 is 15.5 Å². The maximum Gasteiger partial charge on any atom is 0.251 e. The van der Waals surface area contributed by atoms with E-state index in [1.54, 1.807) is 47.4 Å². The number of carbonyl (C=O) groups excluding carboxylic acids is 3. The van der Waals surface area contributed by atoms with Crippen molar-refractivity contribution in [3.63, 3.8) is 0 Å². The van der Waals surface area contributed by atoms with Gasteiger partial charge in [0.15, 0.2) is 0 Å². The molecule has 1 aliphatic heterocycles. The van der Waals surface area contributed by atoms with E-state index >= 15 is 0 Å². The van der Waals surface area contributed by atoms with Crippen molar-refractivity contribution < 1.29 is 14.4 Å². The third-order valence-corrected chi connectivity index (χ3v) is 5.01. The van der Waals surface area contributed by atoms with Gasteiger partial charge >= 0.3 is 0 Å². The highest BCUT2D eigenvalue weighted by Gasteiger charge is 2.23. The average Bonchev–Trinajstić information content (AvgIpc) is 2.74. The van der Waals surface area contributed by atoms with Gasteiger partial charge in [0.1, 0.15) is 0 Å². The predicted molar refractivity (Wildman–Crippen MR) is 112 cm³/mol. The molecular formula is C21H23ClN4O3. The second kappa shape index (κ2) is 10.0. The molecule has 152 valence electrons. The van der Waals surface area contributed by atoms with E-state index in [0.29, 0.717) is 42.5 Å². The van der Waals surface area contributed by atoms with Crippen molar-refractivity contribution in [1.29, 1.82) is 0 Å². The van der Waals surface area contributed by atoms with Crippen LogP contribution in [0.5, 0.6) is 0 Å². The highest BCUT2D eigenvalue weighted by Crippen LogP contribution is 2.20. The molecule has 2 aromatic carbocycles. The van der Waals surface area contributed by atoms with Crippen molar-refractivity contribution in [2.45, 2.75) is 0 Å². The molecule has 0 bridgehead atoms. The number of rotatable bonds is 6. The molecule has 29 heavy (non-hydrogen) atoms. The van der Waals surface area contributed by atoms with E-state index in [0.717, 1.165) is 0 Å². The van der Waals surface area contributed by atoms with Gasteiger partial charge in [-0.25, -0.2) is 0 Å². The van der Waals surface area contributed by atoms with Crippen molar-refractivity contribution in [1.82, 2.24) is 15.1 Å². The van der Waals surface area contributed by atoms with E-state index in [1.807, 2.05) is 17.0 Å². The second-order valence-electron chi connectivity index (χ2n) is 6.73. The van der Waals surface area contributed by atoms with E-state index in [4.69, 9.17) is 11.6 Å². The van der Waals surface area contributed by atoms with Gasteiger partial charge in [-0.3, -0.25) is 19.3 Å². The molecular weight excluding hydrogens is 392 g/mol. The first-order valence-electron chi connectivity index (χ1n) is 9.40. The van der Waals surface area contributed by atoms with Crippen LogP contribution in [-0.4, -0.2) is 66.8 Å². The van der Waals surface area contributed by atoms with Gasteiger partial charge in [0.2, 0.25) is 11.8 Å². The van der Waals surface area contributed by atoms with Gasteiger partial charge in [-0.15, -0.1) is 0 Å². The van der Waals surface area contributed by atoms with Gasteiger partial charge in [-0.1, -0.05) is 41.9 Å². The number of carbonyl (C=O) groups is 3. The second-order valence-corrected chi connectivity index (χ2v) is 7.14. The first kappa shape index (κ1) is 20.8. The summed E-state index contributed by atoms with van der Waals surface area (Å²) in [6, 6.07) is 15.9. The van der Waals surface area contributed by atoms with E-state index in [2.05, 4.69) is 10.6 Å². The fraction of sp³-hybridized carbons (Fsp3) is 0.286. The van der Waals surface area contributed by atoms with Gasteiger partial charge in [0, 0.05) is 31.7 Å². The molecule has 0 spiro atoms. The van der Waals surface area contributed by atoms with Crippen LogP contribution in [0.1, 0.15) is 10.4 Å². The molecule has 8 heteroatoms. The minimum atomic E-state index is -0.270. The summed E-state index contributed by atoms with van der Waals surface area (Å²) in [6.07, 6.45) is 0. The van der Waals surface area contributed by atoms with Crippen LogP contribution in [0, 0.1) is 0 Å². The number of nitrogens with zero attached hydrogens (tertiary/aromatic N) is 2. The van der Waals surface area contributed by atoms with E-state index in [1.165, 1.54) is 0 Å². The Morgan fingerprint density at radius 2 is 1.55 bits per heavy atom. The number of amides is 3. The zero-order valence-corrected chi connectivity index (χ0v) is 16.7. The molecule has 1 aliphatic rings. The number of para-hydroxylation sites is 1. The average molecular weight is 415 g/mol. The van der Waals surface area contributed by atoms with Crippen molar-refractivity contribution >= 4 is 35.0 Å². The molecule has 0 aliphatic carbocycles. The maximum absolute atomic E-state index is 12.3. The Morgan fingerprint density at radius 3 is 2.24 bits per heavy atom. The van der Waals surface area contributed by atoms with Crippen molar-refractivity contribution in [2.24, 2.45) is 0 Å². The topological polar surface area (TPSA) is 81.8 Å². The third-order valence-electron chi connectivity index (χ3n) is 4.68. The third kappa shape index (κ3) is 6.04. The molecule has 1 heterocycles. The Kier molecular flexibility index (Phi) is 7.21. The molecule has 0 radical (unpaired) electrons. The summed E-state index contributed by atoms with van der Waals surface area (Å²) >= 11 is 6.05. The fourth-order valence-corrected chi connectivity index (χ4v) is 3.25. The number of hydrogen-bond acceptors (Lipinski definition) is 4. The van der Waals surface area contributed by atoms with Crippen LogP contribution < -0.4 is 10.6 Å². The summed E-state index contributed by atoms with van der Waals surface area (Å²) in [5, 5.41) is 5.95. The van der Waals surface area contributed by atoms with Crippen LogP contribution in [0.25, 0.3) is 0 Å². The largest absolute Gasteiger partial charge is 0.343 e. The van der Waals surface area contributed by atoms with Crippen molar-refractivity contribution in [3.8, 4) is 0 Å². The summed E-state index contributed by atoms with van der Waals surface area (Å²) in [5.41, 5.74) is 1.11. The van der Waals surface area contributed by atoms with Crippen LogP contribution >= 0.6 is 11.6 Å². The zero-order valence-electron chi connectivity index (χ0n) is 15.9. The van der Waals surface area contributed by atoms with Gasteiger partial charge in [0.05, 0.1) is 23.8 Å². The summed E-state index contributed by atoms with van der Waals surface area (Å²) in [7, 11) is 0. The molecule has 0 atom stereocenters. The Bertz CT molecular complexity index is 867. The van der Waals surface area contributed by atoms with E-state index in [-0.39, 0.29) is 30.8 Å². The van der Waals surface area contributed by atoms with Gasteiger partial charge in [0.25, 0.3) is 5.91 Å². The summed E-state index contributed by atoms with van der Waals surface area (Å²) in [5.74, 6) is -0.545. The lowest BCUT2D eigenvalue weighted by molar-refractivity contribution is -0.132. The van der Waals surface area contributed by atoms with Crippen LogP contribution in [0.3, 0.4) is 0 Å². The molecule has 3 amide bonds. The smallest absolute Gasteiger partial charge is 0.251 e. The first-order valence-corrected chi connectivity index (χ1v) is 9.78. The molecule has 0 saturated carbocycles. The fourth-order valence-electron chi connectivity index (χ4n) is 3.07. The quantitative estimate of drug-likeness (QED) is 0.755. The lowest BCUT2D eigenvalue weighted by atomic mass is 10.2. The van der Waals surface area contributed by atoms with Crippen LogP contribution in [-0.2, 0) is 9.59 Å². The SMILES string of the molecule is O=C(CN1CCN(C(=O)CNC(=O)c2ccccc2)CC1)Nc1ccccc1Cl. The van der Waals surface area contributed by atoms with Crippen molar-refractivity contribution in [3.05, 3.63) is 65.2 Å². The molecule has 2 N–H and O–H groups in total. The van der Waals surface area contributed by atoms with Crippen LogP contribution in [0.15, 0.2) is 54.6 Å². The summed E-state index contributed by atoms with van der Waals surface area (Å²) < 4.78 is 0. The number of hydrogen-bond donors (Lipinski definition) is 2. The van der Waals surface area contributed by atoms with E-state index in [9.17, 15) is 14.4 Å². The molecule has 0 unspecified atom stereocenters. The monoisotopic (exact) mass is 414 g/mol. The van der Waals surface area contributed by atoms with Gasteiger partial charge in [-0.2, -0.15) is 0 Å². The lowest BCUT2D eigenvalue weighted by Crippen LogP contribution is -2.52. The first-order chi connectivity index (χ1) is 14.0. The zero-order chi connectivity index (χ0) is 20.6. The Morgan fingerprint density at radius 1 is 0.897 bits per heavy atom. The van der Waals surface area contributed by atoms with E-state index < -0.39 is 0 Å². The standard InChI is InChI=1S/C21H23ClN4O3/c22-17-8-4-5-9-18(17)24-19(27)15-25-10-12-26(13-11-25)20(28)14-23-21(29)16-6-2-1-3-7-16/h1-9H,10-15H2,(H,23,29)(H,24,27). The van der Waals surface area contributed by atoms with Crippen LogP contribution in [0.2, 0.25) is 5.02 Å². The van der Waals surface area contributed by atoms with Crippen LogP contribution in [0.4, 0.5) is 5.69 Å². The summed E-state index contributed by atoms with van der Waals surface area (Å²) in [4.78, 5) is 40.3. The number of piperazine rings is 1. The Labute approximate surface area is 174 Å². The van der Waals surface area contributed by atoms with Crippen molar-refractivity contribution in [2.75, 3.05) is 44.6 Å². The normalized spacial score (nSPS) is 14.3. The highest BCUT2D eigenvalue weighted by atomic mass is 35.5. The minimum absolute atomic E-state index is 0.0410. The number of benzene rings is 2. The molecule has 7 nitrogen and oxygen atoms in total. The number of nitrogens with one attached hydrogen (secondary N) is 2. The lowest BCUT2D eigenvalue weighted by Gasteiger charge is -2.34. The number of halogens is 1. The molecule has 1 saturated heterocycles. The highest BCUT2D eigenvalue weighted by molar-refractivity contribution is 6.33.